The number of carbonyl (C=O) groups excluding carboxylic acids is 2. The molecular formula is C40H49N4O8S2+. The van der Waals surface area contributed by atoms with Crippen molar-refractivity contribution in [1.82, 2.24) is 10.6 Å². The van der Waals surface area contributed by atoms with Gasteiger partial charge in [0, 0.05) is 42.9 Å². The summed E-state index contributed by atoms with van der Waals surface area (Å²) in [6.07, 6.45) is 16.5. The zero-order valence-electron chi connectivity index (χ0n) is 31.6. The van der Waals surface area contributed by atoms with Gasteiger partial charge in [0.2, 0.25) is 24.0 Å². The summed E-state index contributed by atoms with van der Waals surface area (Å²) in [4.78, 5) is 28.8. The number of aromatic nitrogens is 1. The van der Waals surface area contributed by atoms with E-state index in [0.717, 1.165) is 33.8 Å². The van der Waals surface area contributed by atoms with E-state index >= 15 is 0 Å². The fourth-order valence-electron chi connectivity index (χ4n) is 4.79. The van der Waals surface area contributed by atoms with Crippen molar-refractivity contribution in [1.29, 1.82) is 0 Å². The molecule has 2 aromatic carbocycles. The summed E-state index contributed by atoms with van der Waals surface area (Å²) in [5.74, 6) is 4.61. The molecule has 0 aliphatic carbocycles. The van der Waals surface area contributed by atoms with Crippen molar-refractivity contribution in [3.63, 3.8) is 0 Å². The second-order valence-electron chi connectivity index (χ2n) is 11.1. The Balaban J connectivity index is 1.29. The number of hydrogen-bond acceptors (Lipinski definition) is 11. The van der Waals surface area contributed by atoms with Gasteiger partial charge < -0.3 is 39.1 Å². The molecule has 0 bridgehead atoms. The lowest BCUT2D eigenvalue weighted by molar-refractivity contribution is -0.684. The minimum absolute atomic E-state index is 0.0216. The van der Waals surface area contributed by atoms with E-state index in [1.54, 1.807) is 82.6 Å². The van der Waals surface area contributed by atoms with Crippen LogP contribution in [0.1, 0.15) is 16.7 Å². The third-order valence-electron chi connectivity index (χ3n) is 7.50. The van der Waals surface area contributed by atoms with E-state index in [-0.39, 0.29) is 24.9 Å². The Bertz CT molecular complexity index is 1760. The predicted octanol–water partition coefficient (Wildman–Crippen LogP) is 5.71. The SMILES string of the molecule is C=CC(/C=C/c1cc(OC)c(OC)c(OC)c1)=C\C=NCC(=O)NCCSSCCNC(=O)C[n+]1ccc(/C=C/c2cc(OC)c(OC)c(OC)c2)cc1. The van der Waals surface area contributed by atoms with Gasteiger partial charge in [-0.15, -0.1) is 0 Å². The first-order valence-electron chi connectivity index (χ1n) is 16.8. The van der Waals surface area contributed by atoms with Crippen LogP contribution in [-0.4, -0.2) is 91.8 Å². The number of pyridine rings is 1. The van der Waals surface area contributed by atoms with E-state index in [2.05, 4.69) is 22.2 Å². The number of rotatable bonds is 23. The Morgan fingerprint density at radius 3 is 1.67 bits per heavy atom. The number of allylic oxidation sites excluding steroid dienone is 4. The number of nitrogens with zero attached hydrogens (tertiary/aromatic N) is 2. The first kappa shape index (κ1) is 43.1. The summed E-state index contributed by atoms with van der Waals surface area (Å²) in [7, 11) is 12.7. The average Bonchev–Trinajstić information content (AvgIpc) is 3.20. The number of hydrogen-bond donors (Lipinski definition) is 2. The van der Waals surface area contributed by atoms with Gasteiger partial charge in [-0.25, -0.2) is 0 Å². The van der Waals surface area contributed by atoms with Crippen molar-refractivity contribution in [2.45, 2.75) is 6.54 Å². The van der Waals surface area contributed by atoms with Crippen LogP contribution in [0.5, 0.6) is 34.5 Å². The zero-order valence-corrected chi connectivity index (χ0v) is 33.2. The van der Waals surface area contributed by atoms with E-state index in [1.165, 1.54) is 0 Å². The molecule has 14 heteroatoms. The first-order chi connectivity index (χ1) is 26.3. The molecule has 0 fully saturated rings. The van der Waals surface area contributed by atoms with E-state index < -0.39 is 0 Å². The van der Waals surface area contributed by atoms with Crippen LogP contribution in [0.3, 0.4) is 0 Å². The van der Waals surface area contributed by atoms with Gasteiger partial charge in [-0.05, 0) is 52.6 Å². The molecule has 1 heterocycles. The summed E-state index contributed by atoms with van der Waals surface area (Å²) in [6.45, 7) is 5.16. The van der Waals surface area contributed by atoms with Gasteiger partial charge in [-0.3, -0.25) is 14.6 Å². The number of nitrogens with one attached hydrogen (secondary N) is 2. The maximum absolute atomic E-state index is 12.4. The summed E-state index contributed by atoms with van der Waals surface area (Å²) in [5, 5.41) is 5.81. The molecule has 0 aliphatic rings. The molecule has 2 amide bonds. The largest absolute Gasteiger partial charge is 0.493 e. The smallest absolute Gasteiger partial charge is 0.286 e. The molecule has 0 spiro atoms. The van der Waals surface area contributed by atoms with Gasteiger partial charge in [-0.1, -0.05) is 58.5 Å². The summed E-state index contributed by atoms with van der Waals surface area (Å²) in [6, 6.07) is 11.3. The molecule has 0 saturated heterocycles. The maximum atomic E-state index is 12.4. The van der Waals surface area contributed by atoms with Gasteiger partial charge >= 0.3 is 0 Å². The molecule has 0 radical (unpaired) electrons. The minimum atomic E-state index is -0.161. The molecule has 3 rings (SSSR count). The maximum Gasteiger partial charge on any atom is 0.286 e. The highest BCUT2D eigenvalue weighted by molar-refractivity contribution is 8.76. The van der Waals surface area contributed by atoms with Crippen LogP contribution in [0.15, 0.2) is 84.2 Å². The average molecular weight is 778 g/mol. The van der Waals surface area contributed by atoms with Crippen LogP contribution in [0, 0.1) is 0 Å². The van der Waals surface area contributed by atoms with Crippen molar-refractivity contribution in [3.05, 3.63) is 95.9 Å². The van der Waals surface area contributed by atoms with Crippen LogP contribution in [0.2, 0.25) is 0 Å². The second-order valence-corrected chi connectivity index (χ2v) is 13.8. The fourth-order valence-corrected chi connectivity index (χ4v) is 6.60. The van der Waals surface area contributed by atoms with E-state index in [0.29, 0.717) is 47.6 Å². The highest BCUT2D eigenvalue weighted by Gasteiger charge is 2.14. The highest BCUT2D eigenvalue weighted by Crippen LogP contribution is 2.39. The Labute approximate surface area is 325 Å². The predicted molar refractivity (Wildman–Crippen MR) is 219 cm³/mol. The monoisotopic (exact) mass is 777 g/mol. The topological polar surface area (TPSA) is 130 Å². The Hall–Kier alpha value is -5.34. The summed E-state index contributed by atoms with van der Waals surface area (Å²) >= 11 is 0. The van der Waals surface area contributed by atoms with Crippen LogP contribution in [0.25, 0.3) is 18.2 Å². The lowest BCUT2D eigenvalue weighted by atomic mass is 10.1. The van der Waals surface area contributed by atoms with Gasteiger partial charge in [0.15, 0.2) is 35.4 Å². The third kappa shape index (κ3) is 14.2. The molecular weight excluding hydrogens is 729 g/mol. The number of ether oxygens (including phenoxy) is 6. The highest BCUT2D eigenvalue weighted by atomic mass is 33.1. The van der Waals surface area contributed by atoms with Crippen molar-refractivity contribution < 1.29 is 42.6 Å². The second kappa shape index (κ2) is 24.1. The molecule has 288 valence electrons. The number of amides is 2. The number of aliphatic imine (C=N–C) groups is 1. The number of benzene rings is 2. The van der Waals surface area contributed by atoms with Gasteiger partial charge in [0.25, 0.3) is 5.91 Å². The molecule has 0 saturated carbocycles. The van der Waals surface area contributed by atoms with Gasteiger partial charge in [0.1, 0.15) is 6.54 Å². The molecule has 0 atom stereocenters. The van der Waals surface area contributed by atoms with E-state index in [4.69, 9.17) is 28.4 Å². The van der Waals surface area contributed by atoms with Crippen LogP contribution < -0.4 is 43.6 Å². The Morgan fingerprint density at radius 2 is 1.19 bits per heavy atom. The lowest BCUT2D eigenvalue weighted by Crippen LogP contribution is -2.42. The van der Waals surface area contributed by atoms with Crippen molar-refractivity contribution in [3.8, 4) is 34.5 Å². The van der Waals surface area contributed by atoms with Gasteiger partial charge in [0.05, 0.1) is 42.7 Å². The fraction of sp³-hybridized carbons (Fsp3) is 0.300. The summed E-state index contributed by atoms with van der Waals surface area (Å²) < 4.78 is 34.2. The Kier molecular flexibility index (Phi) is 19.2. The molecule has 3 aromatic rings. The third-order valence-corrected chi connectivity index (χ3v) is 9.90. The van der Waals surface area contributed by atoms with Gasteiger partial charge in [-0.2, -0.15) is 4.57 Å². The molecule has 2 N–H and O–H groups in total. The Morgan fingerprint density at radius 1 is 0.704 bits per heavy atom. The van der Waals surface area contributed by atoms with Crippen LogP contribution in [-0.2, 0) is 16.1 Å². The van der Waals surface area contributed by atoms with Crippen molar-refractivity contribution in [2.75, 3.05) is 73.8 Å². The lowest BCUT2D eigenvalue weighted by Gasteiger charge is -2.12. The van der Waals surface area contributed by atoms with Crippen molar-refractivity contribution >= 4 is 57.8 Å². The first-order valence-corrected chi connectivity index (χ1v) is 19.3. The molecule has 54 heavy (non-hydrogen) atoms. The quantitative estimate of drug-likeness (QED) is 0.0407. The van der Waals surface area contributed by atoms with Crippen LogP contribution in [0.4, 0.5) is 0 Å². The normalized spacial score (nSPS) is 11.5. The molecule has 0 aliphatic heterocycles. The van der Waals surface area contributed by atoms with Crippen molar-refractivity contribution in [2.24, 2.45) is 4.99 Å². The zero-order chi connectivity index (χ0) is 39.1. The number of methoxy groups -OCH3 is 6. The molecule has 1 aromatic heterocycles. The van der Waals surface area contributed by atoms with Crippen LogP contribution >= 0.6 is 21.6 Å². The van der Waals surface area contributed by atoms with E-state index in [9.17, 15) is 9.59 Å². The minimum Gasteiger partial charge on any atom is -0.493 e. The number of carbonyl (C=O) groups is 2. The molecule has 0 unspecified atom stereocenters. The summed E-state index contributed by atoms with van der Waals surface area (Å²) in [5.41, 5.74) is 3.54. The van der Waals surface area contributed by atoms with E-state index in [1.807, 2.05) is 77.7 Å². The molecule has 12 nitrogen and oxygen atoms in total. The standard InChI is InChI=1S/C40H48N4O8S2/c1-8-29(9-11-31-23-33(47-2)39(51-6)34(24-31)48-3)13-16-41-27-37(45)42-17-21-53-54-22-18-43-38(46)28-44-19-14-30(15-20-44)10-12-32-25-35(49-4)40(52-7)36(26-32)50-5/h8-16,19-20,23-26H,1,17-18,21-22,27-28H2,2-7H3,(H-,42,43,45,46)/p+1/b11-9+,12-10+,29-13+,41-16?.